The molecule has 1 aromatic heterocycles. The lowest BCUT2D eigenvalue weighted by Gasteiger charge is -2.21. The molecule has 1 aliphatic rings. The molecule has 2 unspecified atom stereocenters. The van der Waals surface area contributed by atoms with Gasteiger partial charge in [0.2, 0.25) is 0 Å². The average Bonchev–Trinajstić information content (AvgIpc) is 2.81. The maximum atomic E-state index is 12.9. The van der Waals surface area contributed by atoms with Crippen LogP contribution < -0.4 is 5.32 Å². The van der Waals surface area contributed by atoms with E-state index < -0.39 is 0 Å². The number of pyridine rings is 1. The molecule has 0 spiro atoms. The zero-order chi connectivity index (χ0) is 13.7. The summed E-state index contributed by atoms with van der Waals surface area (Å²) in [7, 11) is 0. The normalized spacial score (nSPS) is 21.7. The lowest BCUT2D eigenvalue weighted by atomic mass is 10.1. The van der Waals surface area contributed by atoms with E-state index in [4.69, 9.17) is 0 Å². The van der Waals surface area contributed by atoms with Gasteiger partial charge in [0.25, 0.3) is 0 Å². The van der Waals surface area contributed by atoms with Crippen LogP contribution in [0.25, 0.3) is 0 Å². The predicted molar refractivity (Wildman–Crippen MR) is 72.3 cm³/mol. The van der Waals surface area contributed by atoms with Gasteiger partial charge < -0.3 is 15.3 Å². The maximum absolute atomic E-state index is 12.9. The highest BCUT2D eigenvalue weighted by atomic mass is 19.1. The molecule has 1 aliphatic heterocycles. The van der Waals surface area contributed by atoms with E-state index >= 15 is 0 Å². The Balaban J connectivity index is 1.90. The second kappa shape index (κ2) is 6.93. The van der Waals surface area contributed by atoms with Crippen molar-refractivity contribution in [2.45, 2.75) is 31.9 Å². The molecule has 0 amide bonds. The Hall–Kier alpha value is -1.04. The van der Waals surface area contributed by atoms with Crippen LogP contribution >= 0.6 is 0 Å². The van der Waals surface area contributed by atoms with E-state index in [2.05, 4.69) is 22.1 Å². The Morgan fingerprint density at radius 2 is 2.42 bits per heavy atom. The van der Waals surface area contributed by atoms with Crippen LogP contribution in [0.5, 0.6) is 0 Å². The smallest absolute Gasteiger partial charge is 0.141 e. The van der Waals surface area contributed by atoms with Gasteiger partial charge in [-0.1, -0.05) is 6.92 Å². The first kappa shape index (κ1) is 14.4. The summed E-state index contributed by atoms with van der Waals surface area (Å²) in [6, 6.07) is 3.33. The van der Waals surface area contributed by atoms with Gasteiger partial charge in [-0.25, -0.2) is 4.39 Å². The minimum atomic E-state index is -0.304. The largest absolute Gasteiger partial charge is 0.392 e. The Labute approximate surface area is 113 Å². The fraction of sp³-hybridized carbons (Fsp3) is 0.643. The molecular weight excluding hydrogens is 245 g/mol. The van der Waals surface area contributed by atoms with Gasteiger partial charge in [0, 0.05) is 19.6 Å². The summed E-state index contributed by atoms with van der Waals surface area (Å²) in [6.45, 7) is 5.54. The van der Waals surface area contributed by atoms with Crippen molar-refractivity contribution < 1.29 is 9.50 Å². The van der Waals surface area contributed by atoms with Crippen LogP contribution in [0.15, 0.2) is 18.3 Å². The van der Waals surface area contributed by atoms with Crippen molar-refractivity contribution in [3.8, 4) is 0 Å². The molecule has 0 aliphatic carbocycles. The molecule has 4 nitrogen and oxygen atoms in total. The number of halogens is 1. The second-order valence-corrected chi connectivity index (χ2v) is 5.04. The number of hydrogen-bond donors (Lipinski definition) is 2. The van der Waals surface area contributed by atoms with E-state index in [9.17, 15) is 9.50 Å². The zero-order valence-electron chi connectivity index (χ0n) is 11.3. The van der Waals surface area contributed by atoms with Gasteiger partial charge in [0.05, 0.1) is 24.0 Å². The molecule has 1 saturated heterocycles. The summed E-state index contributed by atoms with van der Waals surface area (Å²) < 4.78 is 12.9. The monoisotopic (exact) mass is 267 g/mol. The van der Waals surface area contributed by atoms with E-state index in [1.807, 2.05) is 0 Å². The number of aliphatic hydroxyl groups is 1. The van der Waals surface area contributed by atoms with Gasteiger partial charge in [-0.2, -0.15) is 0 Å². The lowest BCUT2D eigenvalue weighted by Crippen LogP contribution is -2.29. The molecule has 1 aromatic rings. The van der Waals surface area contributed by atoms with Crippen molar-refractivity contribution in [3.63, 3.8) is 0 Å². The van der Waals surface area contributed by atoms with Crippen LogP contribution in [0.4, 0.5) is 4.39 Å². The number of hydrogen-bond acceptors (Lipinski definition) is 4. The molecule has 0 bridgehead atoms. The number of nitrogens with zero attached hydrogens (tertiary/aromatic N) is 2. The van der Waals surface area contributed by atoms with Crippen LogP contribution in [-0.4, -0.2) is 47.3 Å². The highest BCUT2D eigenvalue weighted by molar-refractivity contribution is 5.10. The van der Waals surface area contributed by atoms with E-state index in [1.54, 1.807) is 6.07 Å². The summed E-state index contributed by atoms with van der Waals surface area (Å²) in [5.74, 6) is -0.304. The number of aliphatic hydroxyl groups excluding tert-OH is 1. The quantitative estimate of drug-likeness (QED) is 0.816. The number of likely N-dealkylation sites (tertiary alicyclic amines) is 1. The van der Waals surface area contributed by atoms with Crippen molar-refractivity contribution in [2.24, 2.45) is 0 Å². The molecule has 0 radical (unpaired) electrons. The van der Waals surface area contributed by atoms with Crippen molar-refractivity contribution in [3.05, 3.63) is 29.8 Å². The van der Waals surface area contributed by atoms with Gasteiger partial charge in [-0.3, -0.25) is 4.98 Å². The van der Waals surface area contributed by atoms with Crippen LogP contribution in [0.2, 0.25) is 0 Å². The molecular formula is C14H22FN3O. The van der Waals surface area contributed by atoms with Gasteiger partial charge in [-0.05, 0) is 31.5 Å². The molecule has 2 N–H and O–H groups in total. The molecule has 1 fully saturated rings. The number of aromatic nitrogens is 1. The topological polar surface area (TPSA) is 48.4 Å². The van der Waals surface area contributed by atoms with Gasteiger partial charge >= 0.3 is 0 Å². The third-order valence-electron chi connectivity index (χ3n) is 3.54. The Kier molecular flexibility index (Phi) is 5.24. The van der Waals surface area contributed by atoms with Gasteiger partial charge in [0.1, 0.15) is 5.82 Å². The van der Waals surface area contributed by atoms with Crippen LogP contribution in [0.1, 0.15) is 31.5 Å². The maximum Gasteiger partial charge on any atom is 0.141 e. The summed E-state index contributed by atoms with van der Waals surface area (Å²) in [6.07, 6.45) is 2.86. The fourth-order valence-corrected chi connectivity index (χ4v) is 2.52. The number of rotatable bonds is 6. The van der Waals surface area contributed by atoms with Crippen LogP contribution in [0.3, 0.4) is 0 Å². The van der Waals surface area contributed by atoms with E-state index in [-0.39, 0.29) is 18.0 Å². The first-order valence-electron chi connectivity index (χ1n) is 6.94. The third kappa shape index (κ3) is 4.23. The van der Waals surface area contributed by atoms with Crippen molar-refractivity contribution in [1.82, 2.24) is 15.2 Å². The first-order chi connectivity index (χ1) is 9.19. The summed E-state index contributed by atoms with van der Waals surface area (Å²) in [5.41, 5.74) is 0.878. The molecule has 5 heteroatoms. The zero-order valence-corrected chi connectivity index (χ0v) is 11.3. The summed E-state index contributed by atoms with van der Waals surface area (Å²) >= 11 is 0. The molecule has 19 heavy (non-hydrogen) atoms. The van der Waals surface area contributed by atoms with E-state index in [1.165, 1.54) is 12.3 Å². The fourth-order valence-electron chi connectivity index (χ4n) is 2.52. The van der Waals surface area contributed by atoms with E-state index in [0.717, 1.165) is 44.7 Å². The summed E-state index contributed by atoms with van der Waals surface area (Å²) in [4.78, 5) is 6.41. The minimum Gasteiger partial charge on any atom is -0.392 e. The number of β-amino-alcohol motifs (C(OH)–C–C–N with tert-alkyl or cyclic N) is 1. The Morgan fingerprint density at radius 3 is 3.00 bits per heavy atom. The third-order valence-corrected chi connectivity index (χ3v) is 3.54. The van der Waals surface area contributed by atoms with E-state index in [0.29, 0.717) is 0 Å². The van der Waals surface area contributed by atoms with Crippen molar-refractivity contribution >= 4 is 0 Å². The molecule has 0 saturated carbocycles. The molecule has 2 heterocycles. The standard InChI is InChI=1S/C14H22FN3O/c1-2-16-14(13-4-3-11(15)9-17-13)6-8-18-7-5-12(19)10-18/h3-4,9,12,14,16,19H,2,5-8,10H2,1H3. The Morgan fingerprint density at radius 1 is 1.58 bits per heavy atom. The Bertz CT molecular complexity index is 385. The highest BCUT2D eigenvalue weighted by Crippen LogP contribution is 2.17. The lowest BCUT2D eigenvalue weighted by molar-refractivity contribution is 0.174. The predicted octanol–water partition coefficient (Wildman–Crippen LogP) is 1.33. The minimum absolute atomic E-state index is 0.142. The van der Waals surface area contributed by atoms with Crippen molar-refractivity contribution in [1.29, 1.82) is 0 Å². The number of nitrogens with one attached hydrogen (secondary N) is 1. The van der Waals surface area contributed by atoms with Crippen LogP contribution in [0, 0.1) is 5.82 Å². The van der Waals surface area contributed by atoms with Gasteiger partial charge in [-0.15, -0.1) is 0 Å². The average molecular weight is 267 g/mol. The van der Waals surface area contributed by atoms with Gasteiger partial charge in [0.15, 0.2) is 0 Å². The first-order valence-corrected chi connectivity index (χ1v) is 6.94. The summed E-state index contributed by atoms with van der Waals surface area (Å²) in [5, 5.41) is 12.9. The second-order valence-electron chi connectivity index (χ2n) is 5.04. The molecule has 2 atom stereocenters. The molecule has 106 valence electrons. The molecule has 0 aromatic carbocycles. The van der Waals surface area contributed by atoms with Crippen molar-refractivity contribution in [2.75, 3.05) is 26.2 Å². The molecule has 2 rings (SSSR count). The highest BCUT2D eigenvalue weighted by Gasteiger charge is 2.21. The van der Waals surface area contributed by atoms with Crippen LogP contribution in [-0.2, 0) is 0 Å². The SMILES string of the molecule is CCNC(CCN1CCC(O)C1)c1ccc(F)cn1.